The van der Waals surface area contributed by atoms with Crippen molar-refractivity contribution in [3.05, 3.63) is 53.1 Å². The molecular weight excluding hydrogens is 354 g/mol. The van der Waals surface area contributed by atoms with Gasteiger partial charge in [-0.2, -0.15) is 0 Å². The molecule has 0 bridgehead atoms. The highest BCUT2D eigenvalue weighted by Crippen LogP contribution is 2.27. The molecule has 6 nitrogen and oxygen atoms in total. The van der Waals surface area contributed by atoms with E-state index in [2.05, 4.69) is 4.72 Å². The lowest BCUT2D eigenvalue weighted by Crippen LogP contribution is -2.13. The van der Waals surface area contributed by atoms with Gasteiger partial charge in [0.2, 0.25) is 0 Å². The number of sulfonamides is 1. The van der Waals surface area contributed by atoms with E-state index in [9.17, 15) is 13.2 Å². The Morgan fingerprint density at radius 1 is 1.17 bits per heavy atom. The largest absolute Gasteiger partial charge is 0.495 e. The summed E-state index contributed by atoms with van der Waals surface area (Å²) in [5.41, 5.74) is 0.655. The molecule has 2 aromatic carbocycles. The molecule has 0 spiro atoms. The van der Waals surface area contributed by atoms with E-state index in [4.69, 9.17) is 21.1 Å². The number of ether oxygens (including phenoxy) is 2. The number of carbonyl (C=O) groups is 1. The quantitative estimate of drug-likeness (QED) is 0.790. The van der Waals surface area contributed by atoms with Crippen molar-refractivity contribution in [3.8, 4) is 5.75 Å². The number of nitrogens with one attached hydrogen (secondary N) is 1. The van der Waals surface area contributed by atoms with Crippen LogP contribution in [0.1, 0.15) is 17.3 Å². The summed E-state index contributed by atoms with van der Waals surface area (Å²) in [7, 11) is -2.37. The second kappa shape index (κ2) is 7.55. The monoisotopic (exact) mass is 369 g/mol. The lowest BCUT2D eigenvalue weighted by Gasteiger charge is -2.10. The standard InChI is InChI=1S/C16H16ClNO5S/c1-3-23-16(19)11-4-6-12(7-5-11)18-24(20,21)13-8-9-15(22-2)14(17)10-13/h4-10,18H,3H2,1-2H3. The molecule has 0 aliphatic heterocycles. The minimum atomic E-state index is -3.81. The number of carbonyl (C=O) groups excluding carboxylic acids is 1. The van der Waals surface area contributed by atoms with Gasteiger partial charge in [0.05, 0.1) is 29.2 Å². The molecule has 24 heavy (non-hydrogen) atoms. The maximum atomic E-state index is 12.4. The Hall–Kier alpha value is -2.25. The summed E-state index contributed by atoms with van der Waals surface area (Å²) in [5, 5.41) is 0.193. The number of methoxy groups -OCH3 is 1. The molecule has 0 aromatic heterocycles. The van der Waals surface area contributed by atoms with E-state index >= 15 is 0 Å². The van der Waals surface area contributed by atoms with Gasteiger partial charge in [-0.15, -0.1) is 0 Å². The molecule has 0 aliphatic carbocycles. The van der Waals surface area contributed by atoms with Crippen molar-refractivity contribution in [2.24, 2.45) is 0 Å². The predicted molar refractivity (Wildman–Crippen MR) is 91.2 cm³/mol. The zero-order valence-electron chi connectivity index (χ0n) is 13.1. The van der Waals surface area contributed by atoms with Gasteiger partial charge in [0.1, 0.15) is 5.75 Å². The first-order chi connectivity index (χ1) is 11.4. The molecular formula is C16H16ClNO5S. The van der Waals surface area contributed by atoms with Crippen LogP contribution in [0.5, 0.6) is 5.75 Å². The average molecular weight is 370 g/mol. The average Bonchev–Trinajstić information content (AvgIpc) is 2.55. The number of rotatable bonds is 6. The van der Waals surface area contributed by atoms with Gasteiger partial charge in [0.25, 0.3) is 10.0 Å². The maximum Gasteiger partial charge on any atom is 0.338 e. The highest BCUT2D eigenvalue weighted by atomic mass is 35.5. The van der Waals surface area contributed by atoms with Crippen molar-refractivity contribution in [2.75, 3.05) is 18.4 Å². The third-order valence-electron chi connectivity index (χ3n) is 3.08. The molecule has 0 fully saturated rings. The Labute approximate surface area is 145 Å². The summed E-state index contributed by atoms with van der Waals surface area (Å²) < 4.78 is 37.0. The van der Waals surface area contributed by atoms with Crippen molar-refractivity contribution in [3.63, 3.8) is 0 Å². The van der Waals surface area contributed by atoms with Crippen LogP contribution in [0.3, 0.4) is 0 Å². The van der Waals surface area contributed by atoms with Gasteiger partial charge in [-0.05, 0) is 49.4 Å². The molecule has 0 unspecified atom stereocenters. The van der Waals surface area contributed by atoms with Crippen LogP contribution in [-0.4, -0.2) is 28.1 Å². The first-order valence-electron chi connectivity index (χ1n) is 7.01. The maximum absolute atomic E-state index is 12.4. The molecule has 0 amide bonds. The fourth-order valence-electron chi connectivity index (χ4n) is 1.92. The molecule has 0 atom stereocenters. The Morgan fingerprint density at radius 2 is 1.83 bits per heavy atom. The number of halogens is 1. The summed E-state index contributed by atoms with van der Waals surface area (Å²) >= 11 is 5.96. The number of benzene rings is 2. The van der Waals surface area contributed by atoms with Crippen LogP contribution in [0.15, 0.2) is 47.4 Å². The van der Waals surface area contributed by atoms with Gasteiger partial charge in [0.15, 0.2) is 0 Å². The van der Waals surface area contributed by atoms with Crippen molar-refractivity contribution in [1.82, 2.24) is 0 Å². The van der Waals surface area contributed by atoms with E-state index in [1.54, 1.807) is 6.92 Å². The third kappa shape index (κ3) is 4.18. The van der Waals surface area contributed by atoms with Crippen LogP contribution in [-0.2, 0) is 14.8 Å². The molecule has 1 N–H and O–H groups in total. The van der Waals surface area contributed by atoms with Crippen molar-refractivity contribution in [1.29, 1.82) is 0 Å². The molecule has 0 radical (unpaired) electrons. The minimum absolute atomic E-state index is 0.00256. The van der Waals surface area contributed by atoms with Gasteiger partial charge in [-0.3, -0.25) is 4.72 Å². The van der Waals surface area contributed by atoms with E-state index in [1.165, 1.54) is 49.6 Å². The van der Waals surface area contributed by atoms with Gasteiger partial charge in [-0.1, -0.05) is 11.6 Å². The summed E-state index contributed by atoms with van der Waals surface area (Å²) in [5.74, 6) is -0.0803. The van der Waals surface area contributed by atoms with Gasteiger partial charge < -0.3 is 9.47 Å². The molecule has 0 saturated heterocycles. The first-order valence-corrected chi connectivity index (χ1v) is 8.87. The van der Waals surface area contributed by atoms with E-state index in [0.29, 0.717) is 17.0 Å². The fraction of sp³-hybridized carbons (Fsp3) is 0.188. The summed E-state index contributed by atoms with van der Waals surface area (Å²) in [4.78, 5) is 11.6. The molecule has 0 heterocycles. The second-order valence-electron chi connectivity index (χ2n) is 4.70. The molecule has 0 aliphatic rings. The first kappa shape index (κ1) is 18.1. The summed E-state index contributed by atoms with van der Waals surface area (Å²) in [6.07, 6.45) is 0. The molecule has 8 heteroatoms. The molecule has 2 rings (SSSR count). The smallest absolute Gasteiger partial charge is 0.338 e. The van der Waals surface area contributed by atoms with Crippen LogP contribution >= 0.6 is 11.6 Å². The van der Waals surface area contributed by atoms with E-state index < -0.39 is 16.0 Å². The Morgan fingerprint density at radius 3 is 2.38 bits per heavy atom. The van der Waals surface area contributed by atoms with E-state index in [-0.39, 0.29) is 16.5 Å². The highest BCUT2D eigenvalue weighted by molar-refractivity contribution is 7.92. The summed E-state index contributed by atoms with van der Waals surface area (Å²) in [6.45, 7) is 1.98. The Kier molecular flexibility index (Phi) is 5.69. The van der Waals surface area contributed by atoms with Gasteiger partial charge in [0, 0.05) is 5.69 Å². The van der Waals surface area contributed by atoms with Gasteiger partial charge in [-0.25, -0.2) is 13.2 Å². The number of hydrogen-bond acceptors (Lipinski definition) is 5. The zero-order chi connectivity index (χ0) is 17.7. The zero-order valence-corrected chi connectivity index (χ0v) is 14.6. The minimum Gasteiger partial charge on any atom is -0.495 e. The van der Waals surface area contributed by atoms with Crippen LogP contribution in [0.4, 0.5) is 5.69 Å². The lowest BCUT2D eigenvalue weighted by molar-refractivity contribution is 0.0526. The Bertz CT molecular complexity index is 834. The van der Waals surface area contributed by atoms with E-state index in [0.717, 1.165) is 0 Å². The molecule has 128 valence electrons. The van der Waals surface area contributed by atoms with Crippen LogP contribution < -0.4 is 9.46 Å². The Balaban J connectivity index is 2.20. The SMILES string of the molecule is CCOC(=O)c1ccc(NS(=O)(=O)c2ccc(OC)c(Cl)c2)cc1. The third-order valence-corrected chi connectivity index (χ3v) is 4.76. The van der Waals surface area contributed by atoms with Crippen LogP contribution in [0.2, 0.25) is 5.02 Å². The predicted octanol–water partition coefficient (Wildman–Crippen LogP) is 3.33. The van der Waals surface area contributed by atoms with E-state index in [1.807, 2.05) is 0 Å². The second-order valence-corrected chi connectivity index (χ2v) is 6.79. The van der Waals surface area contributed by atoms with Crippen molar-refractivity contribution in [2.45, 2.75) is 11.8 Å². The van der Waals surface area contributed by atoms with Crippen LogP contribution in [0, 0.1) is 0 Å². The topological polar surface area (TPSA) is 81.7 Å². The van der Waals surface area contributed by atoms with Crippen molar-refractivity contribution >= 4 is 33.3 Å². The lowest BCUT2D eigenvalue weighted by atomic mass is 10.2. The van der Waals surface area contributed by atoms with Crippen LogP contribution in [0.25, 0.3) is 0 Å². The number of esters is 1. The summed E-state index contributed by atoms with van der Waals surface area (Å²) in [6, 6.07) is 10.1. The normalized spacial score (nSPS) is 11.0. The molecule has 0 saturated carbocycles. The highest BCUT2D eigenvalue weighted by Gasteiger charge is 2.16. The molecule has 2 aromatic rings. The van der Waals surface area contributed by atoms with Gasteiger partial charge >= 0.3 is 5.97 Å². The number of hydrogen-bond donors (Lipinski definition) is 1. The number of anilines is 1. The fourth-order valence-corrected chi connectivity index (χ4v) is 3.32. The van der Waals surface area contributed by atoms with Crippen molar-refractivity contribution < 1.29 is 22.7 Å².